The first-order valence-electron chi connectivity index (χ1n) is 6.37. The standard InChI is InChI=1S/C13H16N2O4/c16-13(19-12-4-2-1-3-5-12)14-10-6-8-11(9-7-10)15(17)18/h6-9,12H,1-5H2,(H,14,16). The Morgan fingerprint density at radius 3 is 2.42 bits per heavy atom. The molecule has 1 fully saturated rings. The molecule has 0 aromatic heterocycles. The number of hydrogen-bond acceptors (Lipinski definition) is 4. The molecule has 2 rings (SSSR count). The SMILES string of the molecule is O=C(Nc1ccc([N+](=O)[O-])cc1)OC1CCCCC1. The summed E-state index contributed by atoms with van der Waals surface area (Å²) in [6, 6.07) is 5.66. The highest BCUT2D eigenvalue weighted by Crippen LogP contribution is 2.21. The van der Waals surface area contributed by atoms with Crippen LogP contribution in [0.5, 0.6) is 0 Å². The van der Waals surface area contributed by atoms with Crippen LogP contribution in [0.15, 0.2) is 24.3 Å². The Bertz CT molecular complexity index is 452. The minimum Gasteiger partial charge on any atom is -0.446 e. The summed E-state index contributed by atoms with van der Waals surface area (Å²) >= 11 is 0. The van der Waals surface area contributed by atoms with E-state index in [9.17, 15) is 14.9 Å². The molecule has 0 radical (unpaired) electrons. The predicted molar refractivity (Wildman–Crippen MR) is 70.1 cm³/mol. The Morgan fingerprint density at radius 1 is 1.21 bits per heavy atom. The van der Waals surface area contributed by atoms with E-state index in [2.05, 4.69) is 5.32 Å². The molecule has 0 unspecified atom stereocenters. The lowest BCUT2D eigenvalue weighted by Crippen LogP contribution is -2.24. The Hall–Kier alpha value is -2.11. The van der Waals surface area contributed by atoms with Gasteiger partial charge in [-0.1, -0.05) is 6.42 Å². The van der Waals surface area contributed by atoms with Gasteiger partial charge in [0.25, 0.3) is 5.69 Å². The smallest absolute Gasteiger partial charge is 0.411 e. The first-order valence-corrected chi connectivity index (χ1v) is 6.37. The fourth-order valence-electron chi connectivity index (χ4n) is 2.15. The van der Waals surface area contributed by atoms with Crippen LogP contribution in [0.1, 0.15) is 32.1 Å². The monoisotopic (exact) mass is 264 g/mol. The fraction of sp³-hybridized carbons (Fsp3) is 0.462. The fourth-order valence-corrected chi connectivity index (χ4v) is 2.15. The van der Waals surface area contributed by atoms with Gasteiger partial charge in [-0.2, -0.15) is 0 Å². The number of nitrogens with zero attached hydrogens (tertiary/aromatic N) is 1. The second-order valence-corrected chi connectivity index (χ2v) is 4.59. The molecule has 1 amide bonds. The third-order valence-corrected chi connectivity index (χ3v) is 3.15. The molecular formula is C13H16N2O4. The molecule has 102 valence electrons. The van der Waals surface area contributed by atoms with E-state index >= 15 is 0 Å². The number of carbonyl (C=O) groups is 1. The molecule has 0 heterocycles. The van der Waals surface area contributed by atoms with Gasteiger partial charge in [-0.15, -0.1) is 0 Å². The van der Waals surface area contributed by atoms with E-state index in [-0.39, 0.29) is 11.8 Å². The summed E-state index contributed by atoms with van der Waals surface area (Å²) in [5.74, 6) is 0. The molecule has 0 spiro atoms. The van der Waals surface area contributed by atoms with Crippen molar-refractivity contribution in [3.8, 4) is 0 Å². The molecule has 1 aliphatic carbocycles. The molecular weight excluding hydrogens is 248 g/mol. The molecule has 0 bridgehead atoms. The molecule has 6 heteroatoms. The van der Waals surface area contributed by atoms with Gasteiger partial charge in [0.05, 0.1) is 4.92 Å². The van der Waals surface area contributed by atoms with Crippen molar-refractivity contribution in [2.45, 2.75) is 38.2 Å². The lowest BCUT2D eigenvalue weighted by atomic mass is 9.98. The zero-order valence-electron chi connectivity index (χ0n) is 10.5. The summed E-state index contributed by atoms with van der Waals surface area (Å²) in [5.41, 5.74) is 0.484. The van der Waals surface area contributed by atoms with Crippen LogP contribution in [0.4, 0.5) is 16.2 Å². The van der Waals surface area contributed by atoms with Crippen molar-refractivity contribution in [2.75, 3.05) is 5.32 Å². The Labute approximate surface area is 110 Å². The number of nitrogens with one attached hydrogen (secondary N) is 1. The van der Waals surface area contributed by atoms with Gasteiger partial charge < -0.3 is 4.74 Å². The molecule has 1 aromatic rings. The van der Waals surface area contributed by atoms with Gasteiger partial charge in [-0.3, -0.25) is 15.4 Å². The summed E-state index contributed by atoms with van der Waals surface area (Å²) in [7, 11) is 0. The van der Waals surface area contributed by atoms with Crippen LogP contribution in [-0.2, 0) is 4.74 Å². The zero-order valence-corrected chi connectivity index (χ0v) is 10.5. The lowest BCUT2D eigenvalue weighted by Gasteiger charge is -2.21. The van der Waals surface area contributed by atoms with E-state index in [1.165, 1.54) is 30.7 Å². The van der Waals surface area contributed by atoms with Crippen LogP contribution in [-0.4, -0.2) is 17.1 Å². The van der Waals surface area contributed by atoms with Gasteiger partial charge in [-0.25, -0.2) is 4.79 Å². The molecule has 19 heavy (non-hydrogen) atoms. The van der Waals surface area contributed by atoms with Crippen LogP contribution < -0.4 is 5.32 Å². The van der Waals surface area contributed by atoms with Crippen molar-refractivity contribution in [1.82, 2.24) is 0 Å². The lowest BCUT2D eigenvalue weighted by molar-refractivity contribution is -0.384. The predicted octanol–water partition coefficient (Wildman–Crippen LogP) is 3.48. The first kappa shape index (κ1) is 13.3. The summed E-state index contributed by atoms with van der Waals surface area (Å²) in [5, 5.41) is 13.1. The minimum absolute atomic E-state index is 0.00759. The first-order chi connectivity index (χ1) is 9.15. The van der Waals surface area contributed by atoms with E-state index in [4.69, 9.17) is 4.74 Å². The minimum atomic E-state index is -0.499. The molecule has 0 saturated heterocycles. The number of hydrogen-bond donors (Lipinski definition) is 1. The van der Waals surface area contributed by atoms with E-state index in [1.54, 1.807) is 0 Å². The molecule has 1 aliphatic rings. The average molecular weight is 264 g/mol. The maximum Gasteiger partial charge on any atom is 0.411 e. The van der Waals surface area contributed by atoms with Crippen molar-refractivity contribution >= 4 is 17.5 Å². The third-order valence-electron chi connectivity index (χ3n) is 3.15. The van der Waals surface area contributed by atoms with Crippen molar-refractivity contribution in [1.29, 1.82) is 0 Å². The van der Waals surface area contributed by atoms with E-state index in [0.717, 1.165) is 25.7 Å². The molecule has 1 saturated carbocycles. The second-order valence-electron chi connectivity index (χ2n) is 4.59. The van der Waals surface area contributed by atoms with Gasteiger partial charge in [0.15, 0.2) is 0 Å². The number of non-ortho nitro benzene ring substituents is 1. The molecule has 1 N–H and O–H groups in total. The molecule has 0 aliphatic heterocycles. The number of nitro benzene ring substituents is 1. The Kier molecular flexibility index (Phi) is 4.33. The summed E-state index contributed by atoms with van der Waals surface area (Å²) < 4.78 is 5.29. The van der Waals surface area contributed by atoms with E-state index in [0.29, 0.717) is 5.69 Å². The normalized spacial score (nSPS) is 15.8. The Balaban J connectivity index is 1.85. The Morgan fingerprint density at radius 2 is 1.84 bits per heavy atom. The topological polar surface area (TPSA) is 81.5 Å². The van der Waals surface area contributed by atoms with Gasteiger partial charge in [0, 0.05) is 17.8 Å². The quantitative estimate of drug-likeness (QED) is 0.669. The van der Waals surface area contributed by atoms with Crippen LogP contribution in [0.2, 0.25) is 0 Å². The van der Waals surface area contributed by atoms with Crippen molar-refractivity contribution < 1.29 is 14.5 Å². The van der Waals surface area contributed by atoms with E-state index in [1.807, 2.05) is 0 Å². The number of rotatable bonds is 3. The highest BCUT2D eigenvalue weighted by atomic mass is 16.6. The summed E-state index contributed by atoms with van der Waals surface area (Å²) in [6.07, 6.45) is 4.70. The van der Waals surface area contributed by atoms with Crippen molar-refractivity contribution in [3.63, 3.8) is 0 Å². The van der Waals surface area contributed by atoms with Gasteiger partial charge in [0.2, 0.25) is 0 Å². The van der Waals surface area contributed by atoms with Gasteiger partial charge >= 0.3 is 6.09 Å². The second kappa shape index (κ2) is 6.17. The number of anilines is 1. The average Bonchev–Trinajstić information content (AvgIpc) is 2.40. The van der Waals surface area contributed by atoms with Crippen LogP contribution in [0.25, 0.3) is 0 Å². The zero-order chi connectivity index (χ0) is 13.7. The maximum absolute atomic E-state index is 11.6. The number of amides is 1. The van der Waals surface area contributed by atoms with E-state index < -0.39 is 11.0 Å². The highest BCUT2D eigenvalue weighted by molar-refractivity contribution is 5.84. The van der Waals surface area contributed by atoms with Gasteiger partial charge in [0.1, 0.15) is 6.10 Å². The largest absolute Gasteiger partial charge is 0.446 e. The number of benzene rings is 1. The summed E-state index contributed by atoms with van der Waals surface area (Å²) in [6.45, 7) is 0. The molecule has 0 atom stereocenters. The summed E-state index contributed by atoms with van der Waals surface area (Å²) in [4.78, 5) is 21.6. The number of nitro groups is 1. The molecule has 1 aromatic carbocycles. The molecule has 6 nitrogen and oxygen atoms in total. The maximum atomic E-state index is 11.6. The van der Waals surface area contributed by atoms with Crippen LogP contribution >= 0.6 is 0 Å². The van der Waals surface area contributed by atoms with Gasteiger partial charge in [-0.05, 0) is 37.8 Å². The van der Waals surface area contributed by atoms with Crippen LogP contribution in [0.3, 0.4) is 0 Å². The number of ether oxygens (including phenoxy) is 1. The number of carbonyl (C=O) groups excluding carboxylic acids is 1. The van der Waals surface area contributed by atoms with Crippen molar-refractivity contribution in [2.24, 2.45) is 0 Å². The van der Waals surface area contributed by atoms with Crippen molar-refractivity contribution in [3.05, 3.63) is 34.4 Å². The van der Waals surface area contributed by atoms with Crippen LogP contribution in [0, 0.1) is 10.1 Å². The third kappa shape index (κ3) is 3.94. The highest BCUT2D eigenvalue weighted by Gasteiger charge is 2.17.